The van der Waals surface area contributed by atoms with Gasteiger partial charge in [-0.25, -0.2) is 0 Å². The minimum atomic E-state index is -2.06. The molecule has 0 radical (unpaired) electrons. The van der Waals surface area contributed by atoms with Crippen molar-refractivity contribution in [1.82, 2.24) is 0 Å². The molecule has 0 aromatic rings. The number of hydrogen-bond donors (Lipinski definition) is 0. The van der Waals surface area contributed by atoms with Crippen LogP contribution in [0.1, 0.15) is 54.9 Å². The van der Waals surface area contributed by atoms with E-state index in [1.165, 1.54) is 6.42 Å². The Labute approximate surface area is 103 Å². The first-order chi connectivity index (χ1) is 7.29. The lowest BCUT2D eigenvalue weighted by Crippen LogP contribution is -2.50. The second-order valence-corrected chi connectivity index (χ2v) is 9.88. The molecule has 0 saturated heterocycles. The van der Waals surface area contributed by atoms with Gasteiger partial charge in [0.25, 0.3) is 0 Å². The van der Waals surface area contributed by atoms with Crippen molar-refractivity contribution in [2.45, 2.75) is 66.0 Å². The van der Waals surface area contributed by atoms with Crippen molar-refractivity contribution >= 4 is 8.56 Å². The Morgan fingerprint density at radius 3 is 1.69 bits per heavy atom. The molecule has 0 unspecified atom stereocenters. The Bertz CT molecular complexity index is 179. The summed E-state index contributed by atoms with van der Waals surface area (Å²) in [4.78, 5) is 0. The van der Waals surface area contributed by atoms with Crippen molar-refractivity contribution < 1.29 is 8.85 Å². The van der Waals surface area contributed by atoms with Gasteiger partial charge in [-0.2, -0.15) is 0 Å². The van der Waals surface area contributed by atoms with Crippen LogP contribution in [0.4, 0.5) is 0 Å². The quantitative estimate of drug-likeness (QED) is 0.622. The second-order valence-electron chi connectivity index (χ2n) is 5.80. The molecule has 0 saturated carbocycles. The highest BCUT2D eigenvalue weighted by Gasteiger charge is 2.48. The van der Waals surface area contributed by atoms with E-state index in [-0.39, 0.29) is 5.04 Å². The molecule has 98 valence electrons. The van der Waals surface area contributed by atoms with Gasteiger partial charge in [0.2, 0.25) is 0 Å². The minimum absolute atomic E-state index is 0.147. The van der Waals surface area contributed by atoms with E-state index in [2.05, 4.69) is 48.5 Å². The lowest BCUT2D eigenvalue weighted by molar-refractivity contribution is 0.158. The summed E-state index contributed by atoms with van der Waals surface area (Å²) in [6.07, 6.45) is 1.20. The zero-order valence-corrected chi connectivity index (χ0v) is 13.2. The van der Waals surface area contributed by atoms with E-state index in [0.717, 1.165) is 25.2 Å². The second kappa shape index (κ2) is 6.77. The predicted molar refractivity (Wildman–Crippen MR) is 73.0 cm³/mol. The molecule has 0 spiro atoms. The highest BCUT2D eigenvalue weighted by Crippen LogP contribution is 2.41. The smallest absolute Gasteiger partial charge is 0.343 e. The van der Waals surface area contributed by atoms with Crippen molar-refractivity contribution in [3.8, 4) is 0 Å². The van der Waals surface area contributed by atoms with Gasteiger partial charge in [0.15, 0.2) is 0 Å². The fourth-order valence-corrected chi connectivity index (χ4v) is 5.82. The van der Waals surface area contributed by atoms with Crippen molar-refractivity contribution in [3.63, 3.8) is 0 Å². The molecule has 0 fully saturated rings. The molecular formula is C13H30O2Si. The van der Waals surface area contributed by atoms with Gasteiger partial charge in [0.05, 0.1) is 0 Å². The normalized spacial score (nSPS) is 13.5. The Morgan fingerprint density at radius 1 is 1.00 bits per heavy atom. The molecule has 0 aliphatic heterocycles. The van der Waals surface area contributed by atoms with Crippen molar-refractivity contribution in [2.75, 3.05) is 13.2 Å². The Hall–Kier alpha value is 0.137. The molecule has 0 aromatic carbocycles. The third-order valence-corrected chi connectivity index (χ3v) is 7.69. The zero-order valence-electron chi connectivity index (χ0n) is 12.2. The van der Waals surface area contributed by atoms with Gasteiger partial charge in [-0.3, -0.25) is 0 Å². The van der Waals surface area contributed by atoms with Gasteiger partial charge in [-0.05, 0) is 32.2 Å². The molecule has 0 aromatic heterocycles. The summed E-state index contributed by atoms with van der Waals surface area (Å²) >= 11 is 0. The van der Waals surface area contributed by atoms with E-state index in [0.29, 0.717) is 0 Å². The molecular weight excluding hydrogens is 216 g/mol. The minimum Gasteiger partial charge on any atom is -0.394 e. The highest BCUT2D eigenvalue weighted by atomic mass is 28.4. The van der Waals surface area contributed by atoms with Gasteiger partial charge >= 0.3 is 8.56 Å². The highest BCUT2D eigenvalue weighted by molar-refractivity contribution is 6.70. The number of rotatable bonds is 7. The summed E-state index contributed by atoms with van der Waals surface area (Å²) < 4.78 is 12.2. The molecule has 0 amide bonds. The summed E-state index contributed by atoms with van der Waals surface area (Å²) in [5, 5.41) is 0.147. The maximum atomic E-state index is 6.10. The van der Waals surface area contributed by atoms with E-state index in [1.807, 2.05) is 0 Å². The molecule has 16 heavy (non-hydrogen) atoms. The Kier molecular flexibility index (Phi) is 6.83. The van der Waals surface area contributed by atoms with Crippen LogP contribution in [-0.4, -0.2) is 21.8 Å². The van der Waals surface area contributed by atoms with Crippen LogP contribution in [0.2, 0.25) is 11.1 Å². The van der Waals surface area contributed by atoms with E-state index in [1.54, 1.807) is 0 Å². The monoisotopic (exact) mass is 246 g/mol. The lowest BCUT2D eigenvalue weighted by atomic mass is 10.2. The van der Waals surface area contributed by atoms with E-state index in [4.69, 9.17) is 8.85 Å². The van der Waals surface area contributed by atoms with Gasteiger partial charge in [-0.15, -0.1) is 0 Å². The first-order valence-corrected chi connectivity index (χ1v) is 8.59. The van der Waals surface area contributed by atoms with Crippen LogP contribution in [-0.2, 0) is 8.85 Å². The maximum absolute atomic E-state index is 6.10. The summed E-state index contributed by atoms with van der Waals surface area (Å²) in [5.74, 6) is 0.718. The zero-order chi connectivity index (χ0) is 12.8. The third kappa shape index (κ3) is 4.56. The third-order valence-electron chi connectivity index (χ3n) is 2.95. The fourth-order valence-electron chi connectivity index (χ4n) is 1.94. The standard InChI is InChI=1S/C13H30O2Si/c1-8-14-16(15-9-2,13(5,6)7)11-10-12(3)4/h12H,8-11H2,1-7H3. The molecule has 0 N–H and O–H groups in total. The molecule has 3 heteroatoms. The SMILES string of the molecule is CCO[Si](CCC(C)C)(OCC)C(C)(C)C. The maximum Gasteiger partial charge on any atom is 0.343 e. The summed E-state index contributed by atoms with van der Waals surface area (Å²) in [6, 6.07) is 1.11. The van der Waals surface area contributed by atoms with Gasteiger partial charge in [0, 0.05) is 18.3 Å². The van der Waals surface area contributed by atoms with E-state index < -0.39 is 8.56 Å². The van der Waals surface area contributed by atoms with Gasteiger partial charge in [0.1, 0.15) is 0 Å². The summed E-state index contributed by atoms with van der Waals surface area (Å²) in [7, 11) is -2.06. The van der Waals surface area contributed by atoms with E-state index >= 15 is 0 Å². The topological polar surface area (TPSA) is 18.5 Å². The molecule has 0 aliphatic rings. The predicted octanol–water partition coefficient (Wildman–Crippen LogP) is 4.35. The van der Waals surface area contributed by atoms with Gasteiger partial charge < -0.3 is 8.85 Å². The molecule has 0 aliphatic carbocycles. The average molecular weight is 246 g/mol. The average Bonchev–Trinajstić information content (AvgIpc) is 2.13. The first-order valence-electron chi connectivity index (χ1n) is 6.57. The van der Waals surface area contributed by atoms with Crippen molar-refractivity contribution in [3.05, 3.63) is 0 Å². The van der Waals surface area contributed by atoms with Crippen LogP contribution >= 0.6 is 0 Å². The van der Waals surface area contributed by atoms with Crippen LogP contribution in [0, 0.1) is 5.92 Å². The van der Waals surface area contributed by atoms with Crippen LogP contribution in [0.25, 0.3) is 0 Å². The molecule has 0 bridgehead atoms. The Morgan fingerprint density at radius 2 is 1.44 bits per heavy atom. The first kappa shape index (κ1) is 16.1. The van der Waals surface area contributed by atoms with Crippen LogP contribution in [0.5, 0.6) is 0 Å². The van der Waals surface area contributed by atoms with Crippen molar-refractivity contribution in [1.29, 1.82) is 0 Å². The van der Waals surface area contributed by atoms with Crippen LogP contribution in [0.15, 0.2) is 0 Å². The number of hydrogen-bond acceptors (Lipinski definition) is 2. The van der Waals surface area contributed by atoms with Crippen LogP contribution in [0.3, 0.4) is 0 Å². The molecule has 0 rings (SSSR count). The largest absolute Gasteiger partial charge is 0.394 e. The fraction of sp³-hybridized carbons (Fsp3) is 1.00. The lowest BCUT2D eigenvalue weighted by Gasteiger charge is -2.41. The van der Waals surface area contributed by atoms with Crippen LogP contribution < -0.4 is 0 Å². The summed E-state index contributed by atoms with van der Waals surface area (Å²) in [6.45, 7) is 17.0. The summed E-state index contributed by atoms with van der Waals surface area (Å²) in [5.41, 5.74) is 0. The molecule has 0 atom stereocenters. The van der Waals surface area contributed by atoms with Crippen molar-refractivity contribution in [2.24, 2.45) is 5.92 Å². The molecule has 0 heterocycles. The molecule has 2 nitrogen and oxygen atoms in total. The Balaban J connectivity index is 4.79. The van der Waals surface area contributed by atoms with E-state index in [9.17, 15) is 0 Å². The van der Waals surface area contributed by atoms with Gasteiger partial charge in [-0.1, -0.05) is 34.6 Å².